The molecule has 0 bridgehead atoms. The Morgan fingerprint density at radius 3 is 2.38 bits per heavy atom. The number of nitrogens with one attached hydrogen (secondary N) is 1. The first-order chi connectivity index (χ1) is 11.6. The number of rotatable bonds is 7. The number of hydrogen-bond acceptors (Lipinski definition) is 5. The van der Waals surface area contributed by atoms with Crippen LogP contribution in [0.5, 0.6) is 0 Å². The van der Waals surface area contributed by atoms with Crippen LogP contribution in [0.25, 0.3) is 0 Å². The van der Waals surface area contributed by atoms with Gasteiger partial charge in [0.2, 0.25) is 0 Å². The number of amides is 1. The summed E-state index contributed by atoms with van der Waals surface area (Å²) in [4.78, 5) is 23.8. The normalized spacial score (nSPS) is 15.3. The number of ether oxygens (including phenoxy) is 1. The molecule has 132 valence electrons. The fraction of sp³-hybridized carbons (Fsp3) is 0.556. The molecule has 1 aliphatic rings. The van der Waals surface area contributed by atoms with Crippen LogP contribution in [0, 0.1) is 0 Å². The lowest BCUT2D eigenvalue weighted by molar-refractivity contribution is -0.125. The first-order valence-electron chi connectivity index (χ1n) is 8.43. The van der Waals surface area contributed by atoms with Crippen molar-refractivity contribution in [3.8, 4) is 0 Å². The highest BCUT2D eigenvalue weighted by molar-refractivity contribution is 8.16. The second kappa shape index (κ2) is 9.99. The molecule has 1 fully saturated rings. The monoisotopic (exact) mass is 367 g/mol. The highest BCUT2D eigenvalue weighted by Crippen LogP contribution is 2.43. The molecule has 1 aliphatic heterocycles. The molecule has 24 heavy (non-hydrogen) atoms. The van der Waals surface area contributed by atoms with Crippen molar-refractivity contribution in [1.82, 2.24) is 5.32 Å². The minimum Gasteiger partial charge on any atom is -0.452 e. The van der Waals surface area contributed by atoms with Crippen LogP contribution in [-0.4, -0.2) is 36.0 Å². The van der Waals surface area contributed by atoms with Gasteiger partial charge in [-0.3, -0.25) is 4.79 Å². The van der Waals surface area contributed by atoms with Gasteiger partial charge in [0.05, 0.1) is 10.1 Å². The van der Waals surface area contributed by atoms with E-state index in [0.717, 1.165) is 12.8 Å². The molecule has 0 radical (unpaired) electrons. The van der Waals surface area contributed by atoms with E-state index in [1.807, 2.05) is 49.5 Å². The molecule has 6 heteroatoms. The average molecular weight is 368 g/mol. The van der Waals surface area contributed by atoms with Crippen molar-refractivity contribution in [3.63, 3.8) is 0 Å². The zero-order chi connectivity index (χ0) is 17.4. The Morgan fingerprint density at radius 1 is 1.17 bits per heavy atom. The highest BCUT2D eigenvalue weighted by Gasteiger charge is 2.17. The van der Waals surface area contributed by atoms with Crippen LogP contribution >= 0.6 is 23.5 Å². The summed E-state index contributed by atoms with van der Waals surface area (Å²) in [5.74, 6) is 1.68. The minimum absolute atomic E-state index is 0.140. The molecule has 1 aromatic carbocycles. The van der Waals surface area contributed by atoms with E-state index in [1.54, 1.807) is 12.1 Å². The third-order valence-electron chi connectivity index (χ3n) is 3.93. The number of thioether (sulfide) groups is 2. The van der Waals surface area contributed by atoms with Gasteiger partial charge in [-0.15, -0.1) is 23.5 Å². The Hall–Kier alpha value is -1.14. The third kappa shape index (κ3) is 5.74. The SMILES string of the molecule is CCC(CC)NC(=O)COC(=O)c1ccc(C2SCCCS2)cc1. The zero-order valence-electron chi connectivity index (χ0n) is 14.2. The Labute approximate surface area is 152 Å². The summed E-state index contributed by atoms with van der Waals surface area (Å²) in [7, 11) is 0. The molecular weight excluding hydrogens is 342 g/mol. The summed E-state index contributed by atoms with van der Waals surface area (Å²) in [5, 5.41) is 2.85. The van der Waals surface area contributed by atoms with Crippen molar-refractivity contribution in [2.45, 2.75) is 43.7 Å². The molecule has 1 aromatic rings. The van der Waals surface area contributed by atoms with Crippen LogP contribution in [0.3, 0.4) is 0 Å². The van der Waals surface area contributed by atoms with Gasteiger partial charge in [-0.2, -0.15) is 0 Å². The van der Waals surface area contributed by atoms with Crippen molar-refractivity contribution < 1.29 is 14.3 Å². The van der Waals surface area contributed by atoms with Crippen LogP contribution in [0.1, 0.15) is 53.6 Å². The maximum absolute atomic E-state index is 12.0. The van der Waals surface area contributed by atoms with Crippen LogP contribution in [0.15, 0.2) is 24.3 Å². The summed E-state index contributed by atoms with van der Waals surface area (Å²) < 4.78 is 5.56. The Kier molecular flexibility index (Phi) is 7.99. The van der Waals surface area contributed by atoms with E-state index in [4.69, 9.17) is 4.74 Å². The Bertz CT molecular complexity index is 538. The van der Waals surface area contributed by atoms with E-state index in [1.165, 1.54) is 23.5 Å². The summed E-state index contributed by atoms with van der Waals surface area (Å²) >= 11 is 3.90. The standard InChI is InChI=1S/C18H25NO3S2/c1-3-15(4-2)19-16(20)12-22-17(21)13-6-8-14(9-7-13)18-23-10-5-11-24-18/h6-9,15,18H,3-5,10-12H2,1-2H3,(H,19,20). The molecule has 1 N–H and O–H groups in total. The van der Waals surface area contributed by atoms with Crippen LogP contribution < -0.4 is 5.32 Å². The smallest absolute Gasteiger partial charge is 0.338 e. The molecule has 0 aromatic heterocycles. The molecule has 0 atom stereocenters. The number of hydrogen-bond donors (Lipinski definition) is 1. The molecule has 1 heterocycles. The van der Waals surface area contributed by atoms with E-state index in [0.29, 0.717) is 10.1 Å². The summed E-state index contributed by atoms with van der Waals surface area (Å²) in [6.45, 7) is 3.81. The number of esters is 1. The molecule has 2 rings (SSSR count). The summed E-state index contributed by atoms with van der Waals surface area (Å²) in [5.41, 5.74) is 1.72. The number of carbonyl (C=O) groups is 2. The fourth-order valence-corrected chi connectivity index (χ4v) is 5.33. The van der Waals surface area contributed by atoms with Crippen molar-refractivity contribution in [1.29, 1.82) is 0 Å². The van der Waals surface area contributed by atoms with Gasteiger partial charge < -0.3 is 10.1 Å². The summed E-state index contributed by atoms with van der Waals surface area (Å²) in [6.07, 6.45) is 3.00. The highest BCUT2D eigenvalue weighted by atomic mass is 32.2. The van der Waals surface area contributed by atoms with Crippen LogP contribution in [0.2, 0.25) is 0 Å². The van der Waals surface area contributed by atoms with Gasteiger partial charge in [0.15, 0.2) is 6.61 Å². The topological polar surface area (TPSA) is 55.4 Å². The minimum atomic E-state index is -0.454. The molecule has 1 saturated heterocycles. The van der Waals surface area contributed by atoms with E-state index in [-0.39, 0.29) is 18.6 Å². The number of carbonyl (C=O) groups excluding carboxylic acids is 2. The molecular formula is C18H25NO3S2. The van der Waals surface area contributed by atoms with Crippen molar-refractivity contribution >= 4 is 35.4 Å². The lowest BCUT2D eigenvalue weighted by atomic mass is 10.1. The second-order valence-corrected chi connectivity index (χ2v) is 8.43. The van der Waals surface area contributed by atoms with Gasteiger partial charge >= 0.3 is 5.97 Å². The van der Waals surface area contributed by atoms with Gasteiger partial charge in [0, 0.05) is 6.04 Å². The van der Waals surface area contributed by atoms with E-state index in [2.05, 4.69) is 5.32 Å². The van der Waals surface area contributed by atoms with Gasteiger partial charge in [-0.25, -0.2) is 4.79 Å². The first kappa shape index (κ1) is 19.2. The van der Waals surface area contributed by atoms with Crippen LogP contribution in [-0.2, 0) is 9.53 Å². The predicted octanol–water partition coefficient (Wildman–Crippen LogP) is 4.02. The summed E-state index contributed by atoms with van der Waals surface area (Å²) in [6, 6.07) is 7.67. The molecule has 0 saturated carbocycles. The Balaban J connectivity index is 1.82. The zero-order valence-corrected chi connectivity index (χ0v) is 15.9. The van der Waals surface area contributed by atoms with Gasteiger partial charge in [0.1, 0.15) is 0 Å². The lowest BCUT2D eigenvalue weighted by Crippen LogP contribution is -2.36. The van der Waals surface area contributed by atoms with Crippen molar-refractivity contribution in [3.05, 3.63) is 35.4 Å². The third-order valence-corrected chi connectivity index (χ3v) is 6.95. The fourth-order valence-electron chi connectivity index (χ4n) is 2.43. The molecule has 1 amide bonds. The largest absolute Gasteiger partial charge is 0.452 e. The molecule has 0 aliphatic carbocycles. The maximum Gasteiger partial charge on any atom is 0.338 e. The first-order valence-corrected chi connectivity index (χ1v) is 10.5. The lowest BCUT2D eigenvalue weighted by Gasteiger charge is -2.21. The Morgan fingerprint density at radius 2 is 1.79 bits per heavy atom. The van der Waals surface area contributed by atoms with E-state index >= 15 is 0 Å². The molecule has 4 nitrogen and oxygen atoms in total. The predicted molar refractivity (Wildman–Crippen MR) is 102 cm³/mol. The number of benzene rings is 1. The quantitative estimate of drug-likeness (QED) is 0.738. The van der Waals surface area contributed by atoms with Gasteiger partial charge in [-0.1, -0.05) is 26.0 Å². The second-order valence-electron chi connectivity index (χ2n) is 5.71. The van der Waals surface area contributed by atoms with Gasteiger partial charge in [-0.05, 0) is 48.5 Å². The van der Waals surface area contributed by atoms with Gasteiger partial charge in [0.25, 0.3) is 5.91 Å². The molecule has 0 spiro atoms. The van der Waals surface area contributed by atoms with Crippen molar-refractivity contribution in [2.24, 2.45) is 0 Å². The van der Waals surface area contributed by atoms with E-state index < -0.39 is 5.97 Å². The average Bonchev–Trinajstić information content (AvgIpc) is 2.65. The maximum atomic E-state index is 12.0. The molecule has 0 unspecified atom stereocenters. The van der Waals surface area contributed by atoms with Crippen LogP contribution in [0.4, 0.5) is 0 Å². The van der Waals surface area contributed by atoms with E-state index in [9.17, 15) is 9.59 Å². The van der Waals surface area contributed by atoms with Crippen molar-refractivity contribution in [2.75, 3.05) is 18.1 Å².